The fourth-order valence-electron chi connectivity index (χ4n) is 7.76. The molecule has 2 saturated heterocycles. The predicted molar refractivity (Wildman–Crippen MR) is 164 cm³/mol. The van der Waals surface area contributed by atoms with Crippen LogP contribution >= 0.6 is 11.6 Å². The number of hydrogen-bond donors (Lipinski definition) is 1. The van der Waals surface area contributed by atoms with Crippen LogP contribution in [0.4, 0.5) is 0 Å². The Balaban J connectivity index is 2.14. The van der Waals surface area contributed by atoms with Crippen LogP contribution in [0, 0.1) is 23.2 Å². The fourth-order valence-corrected chi connectivity index (χ4v) is 8.12. The van der Waals surface area contributed by atoms with Crippen LogP contribution in [0.25, 0.3) is 0 Å². The zero-order valence-electron chi connectivity index (χ0n) is 28.4. The van der Waals surface area contributed by atoms with Gasteiger partial charge in [-0.15, -0.1) is 11.6 Å². The van der Waals surface area contributed by atoms with Crippen molar-refractivity contribution in [1.82, 2.24) is 0 Å². The van der Waals surface area contributed by atoms with Gasteiger partial charge in [-0.2, -0.15) is 0 Å². The van der Waals surface area contributed by atoms with Crippen LogP contribution in [-0.4, -0.2) is 101 Å². The summed E-state index contributed by atoms with van der Waals surface area (Å²) in [6.07, 6.45) is -8.64. The number of alkyl halides is 1. The first kappa shape index (κ1) is 37.6. The maximum atomic E-state index is 13.4. The number of fused-ring (bicyclic) bond motifs is 3. The minimum Gasteiger partial charge on any atom is -0.462 e. The lowest BCUT2D eigenvalue weighted by Gasteiger charge is -2.60. The highest BCUT2D eigenvalue weighted by atomic mass is 35.5. The SMILES string of the molecule is C=C1CC[C@@H](OC(C)=O)[C@@]2(C)[C@H](OC(C)=O)[C@@H](OC(=O)[C@@H](C)CC)[C@H](OC(C)=O)[C@@]3(CO3)[C@@H]2[C@@H](OC(C)=O)[C@@]2(O)[C@H](C)C(=O)O[C@@H]2[C@H]1Cl. The molecule has 48 heavy (non-hydrogen) atoms. The highest BCUT2D eigenvalue weighted by Crippen LogP contribution is 2.64. The van der Waals surface area contributed by atoms with Gasteiger partial charge in [-0.1, -0.05) is 32.9 Å². The molecule has 0 unspecified atom stereocenters. The summed E-state index contributed by atoms with van der Waals surface area (Å²) >= 11 is 6.85. The lowest BCUT2D eigenvalue weighted by molar-refractivity contribution is -0.286. The number of rotatable bonds is 7. The molecule has 2 aliphatic heterocycles. The van der Waals surface area contributed by atoms with Gasteiger partial charge in [-0.25, -0.2) is 0 Å². The highest BCUT2D eigenvalue weighted by molar-refractivity contribution is 6.23. The maximum absolute atomic E-state index is 13.4. The fraction of sp³-hybridized carbons (Fsp3) is 0.758. The van der Waals surface area contributed by atoms with E-state index in [4.69, 9.17) is 44.8 Å². The second-order valence-corrected chi connectivity index (χ2v) is 14.0. The number of carbonyl (C=O) groups excluding carboxylic acids is 6. The smallest absolute Gasteiger partial charge is 0.312 e. The van der Waals surface area contributed by atoms with E-state index in [1.165, 1.54) is 13.8 Å². The van der Waals surface area contributed by atoms with Crippen molar-refractivity contribution < 1.29 is 67.0 Å². The summed E-state index contributed by atoms with van der Waals surface area (Å²) in [5, 5.41) is 11.6. The number of aliphatic hydroxyl groups is 1. The topological polar surface area (TPSA) is 191 Å². The number of esters is 6. The average molecular weight is 701 g/mol. The Bertz CT molecular complexity index is 1360. The normalized spacial score (nSPS) is 41.1. The predicted octanol–water partition coefficient (Wildman–Crippen LogP) is 2.33. The summed E-state index contributed by atoms with van der Waals surface area (Å²) in [6.45, 7) is 14.7. The Labute approximate surface area is 284 Å². The summed E-state index contributed by atoms with van der Waals surface area (Å²) in [6, 6.07) is 0. The van der Waals surface area contributed by atoms with Crippen LogP contribution in [0.1, 0.15) is 74.7 Å². The highest BCUT2D eigenvalue weighted by Gasteiger charge is 2.81. The molecule has 4 rings (SSSR count). The van der Waals surface area contributed by atoms with Crippen LogP contribution < -0.4 is 0 Å². The first-order valence-corrected chi connectivity index (χ1v) is 16.5. The second-order valence-electron chi connectivity index (χ2n) is 13.6. The molecular weight excluding hydrogens is 656 g/mol. The quantitative estimate of drug-likeness (QED) is 0.134. The summed E-state index contributed by atoms with van der Waals surface area (Å²) < 4.78 is 41.6. The van der Waals surface area contributed by atoms with Gasteiger partial charge < -0.3 is 38.3 Å². The van der Waals surface area contributed by atoms with E-state index in [2.05, 4.69) is 6.58 Å². The van der Waals surface area contributed by atoms with E-state index in [0.29, 0.717) is 12.0 Å². The molecule has 14 nitrogen and oxygen atoms in total. The van der Waals surface area contributed by atoms with Gasteiger partial charge in [0.15, 0.2) is 30.0 Å². The zero-order valence-corrected chi connectivity index (χ0v) is 29.2. The van der Waals surface area contributed by atoms with Gasteiger partial charge in [0.05, 0.1) is 29.2 Å². The summed E-state index contributed by atoms with van der Waals surface area (Å²) in [5.74, 6) is -8.18. The molecule has 0 bridgehead atoms. The van der Waals surface area contributed by atoms with Crippen molar-refractivity contribution in [2.45, 2.75) is 128 Å². The minimum atomic E-state index is -2.39. The Kier molecular flexibility index (Phi) is 10.6. The summed E-state index contributed by atoms with van der Waals surface area (Å²) in [4.78, 5) is 78.0. The monoisotopic (exact) mass is 700 g/mol. The number of hydrogen-bond acceptors (Lipinski definition) is 14. The van der Waals surface area contributed by atoms with E-state index in [9.17, 15) is 33.9 Å². The van der Waals surface area contributed by atoms with Crippen molar-refractivity contribution in [1.29, 1.82) is 0 Å². The summed E-state index contributed by atoms with van der Waals surface area (Å²) in [7, 11) is 0. The molecule has 4 fully saturated rings. The second kappa shape index (κ2) is 13.6. The van der Waals surface area contributed by atoms with Crippen LogP contribution in [0.5, 0.6) is 0 Å². The van der Waals surface area contributed by atoms with E-state index in [1.807, 2.05) is 0 Å². The molecule has 4 aliphatic rings. The molecule has 0 aromatic rings. The zero-order chi connectivity index (χ0) is 36.1. The van der Waals surface area contributed by atoms with Gasteiger partial charge in [0.25, 0.3) is 0 Å². The van der Waals surface area contributed by atoms with Crippen LogP contribution in [0.3, 0.4) is 0 Å². The standard InChI is InChI=1S/C33H45ClO14/c1-10-14(2)29(39)47-23-26(44-18(6)36)31(9)21(43-17(5)35)12-11-15(3)22(34)25-33(41,16(4)30(40)48-25)28(46-20(8)38)24(31)32(13-42-32)27(23)45-19(7)37/h14,16,21-28,41H,3,10-13H2,1-2,4-9H3/t14-,16+,21+,22-,23+,24+,25+,26+,27-,28+,31+,32+,33+/m0/s1. The van der Waals surface area contributed by atoms with Gasteiger partial charge in [-0.3, -0.25) is 28.8 Å². The van der Waals surface area contributed by atoms with Gasteiger partial charge in [0.1, 0.15) is 17.8 Å². The van der Waals surface area contributed by atoms with E-state index < -0.39 is 112 Å². The molecule has 2 heterocycles. The first-order valence-electron chi connectivity index (χ1n) is 16.0. The van der Waals surface area contributed by atoms with Crippen molar-refractivity contribution in [3.63, 3.8) is 0 Å². The van der Waals surface area contributed by atoms with Crippen molar-refractivity contribution in [2.24, 2.45) is 23.2 Å². The van der Waals surface area contributed by atoms with Crippen molar-refractivity contribution in [3.05, 3.63) is 12.2 Å². The Hall–Kier alpha value is -3.23. The van der Waals surface area contributed by atoms with Crippen molar-refractivity contribution in [2.75, 3.05) is 6.61 Å². The number of halogens is 1. The van der Waals surface area contributed by atoms with Crippen LogP contribution in [0.2, 0.25) is 0 Å². The van der Waals surface area contributed by atoms with E-state index >= 15 is 0 Å². The Morgan fingerprint density at radius 3 is 1.98 bits per heavy atom. The molecule has 0 aromatic carbocycles. The van der Waals surface area contributed by atoms with Crippen LogP contribution in [-0.2, 0) is 61.9 Å². The lowest BCUT2D eigenvalue weighted by Crippen LogP contribution is -2.76. The first-order chi connectivity index (χ1) is 22.3. The Morgan fingerprint density at radius 2 is 1.48 bits per heavy atom. The molecule has 2 saturated carbocycles. The molecule has 2 aliphatic carbocycles. The molecule has 0 amide bonds. The third-order valence-electron chi connectivity index (χ3n) is 10.4. The van der Waals surface area contributed by atoms with E-state index in [0.717, 1.165) is 20.8 Å². The molecule has 0 radical (unpaired) electrons. The number of ether oxygens (including phenoxy) is 7. The van der Waals surface area contributed by atoms with Gasteiger partial charge in [-0.05, 0) is 26.2 Å². The molecule has 1 N–H and O–H groups in total. The van der Waals surface area contributed by atoms with Gasteiger partial charge in [0.2, 0.25) is 0 Å². The molecule has 268 valence electrons. The molecule has 0 aromatic heterocycles. The van der Waals surface area contributed by atoms with E-state index in [-0.39, 0.29) is 19.4 Å². The van der Waals surface area contributed by atoms with Crippen molar-refractivity contribution >= 4 is 47.4 Å². The third-order valence-corrected chi connectivity index (χ3v) is 10.9. The maximum Gasteiger partial charge on any atom is 0.312 e. The molecule has 15 heteroatoms. The third kappa shape index (κ3) is 6.31. The molecule has 1 spiro atoms. The largest absolute Gasteiger partial charge is 0.462 e. The minimum absolute atomic E-state index is 0.00577. The van der Waals surface area contributed by atoms with E-state index in [1.54, 1.807) is 20.8 Å². The number of epoxide rings is 1. The van der Waals surface area contributed by atoms with Crippen LogP contribution in [0.15, 0.2) is 12.2 Å². The lowest BCUT2D eigenvalue weighted by atomic mass is 9.51. The average Bonchev–Trinajstić information content (AvgIpc) is 3.74. The van der Waals surface area contributed by atoms with Gasteiger partial charge >= 0.3 is 35.8 Å². The summed E-state index contributed by atoms with van der Waals surface area (Å²) in [5.41, 5.74) is -5.55. The molecular formula is C33H45ClO14. The number of carbonyl (C=O) groups is 6. The Morgan fingerprint density at radius 1 is 0.958 bits per heavy atom. The molecule has 13 atom stereocenters. The van der Waals surface area contributed by atoms with Gasteiger partial charge in [0, 0.05) is 33.6 Å². The van der Waals surface area contributed by atoms with Crippen molar-refractivity contribution in [3.8, 4) is 0 Å².